The molecule has 4 nitrogen and oxygen atoms in total. The van der Waals surface area contributed by atoms with Crippen molar-refractivity contribution in [1.82, 2.24) is 19.7 Å². The maximum absolute atomic E-state index is 5.14. The first kappa shape index (κ1) is 12.4. The van der Waals surface area contributed by atoms with Gasteiger partial charge in [0.05, 0.1) is 15.6 Å². The molecule has 0 atom stereocenters. The van der Waals surface area contributed by atoms with E-state index >= 15 is 0 Å². The minimum absolute atomic E-state index is 0.646. The second-order valence-electron chi connectivity index (χ2n) is 3.90. The normalized spacial score (nSPS) is 11.0. The van der Waals surface area contributed by atoms with Gasteiger partial charge < -0.3 is 4.57 Å². The summed E-state index contributed by atoms with van der Waals surface area (Å²) in [6.07, 6.45) is 3.08. The number of hydrogen-bond donors (Lipinski definition) is 1. The molecule has 17 heavy (non-hydrogen) atoms. The Balaban J connectivity index is 2.50. The van der Waals surface area contributed by atoms with E-state index in [0.717, 1.165) is 35.7 Å². The summed E-state index contributed by atoms with van der Waals surface area (Å²) >= 11 is 6.87. The minimum Gasteiger partial charge on any atom is -0.303 e. The highest BCUT2D eigenvalue weighted by atomic mass is 32.1. The molecule has 92 valence electrons. The van der Waals surface area contributed by atoms with Crippen LogP contribution in [0.2, 0.25) is 0 Å². The fourth-order valence-corrected chi connectivity index (χ4v) is 3.10. The molecule has 0 fully saturated rings. The number of nitrogens with one attached hydrogen (secondary N) is 1. The lowest BCUT2D eigenvalue weighted by atomic mass is 10.3. The smallest absolute Gasteiger partial charge is 0.195 e. The highest BCUT2D eigenvalue weighted by Gasteiger charge is 2.15. The van der Waals surface area contributed by atoms with Crippen molar-refractivity contribution in [2.24, 2.45) is 7.05 Å². The standard InChI is InChI=1S/C11H16N4S2/c1-4-6-8-12-7(5-2)9(17-8)10-13-14-11(16)15(10)3/h4-6H2,1-3H3,(H,14,16). The molecular weight excluding hydrogens is 252 g/mol. The fourth-order valence-electron chi connectivity index (χ4n) is 1.69. The maximum Gasteiger partial charge on any atom is 0.195 e. The summed E-state index contributed by atoms with van der Waals surface area (Å²) in [7, 11) is 1.93. The number of nitrogens with zero attached hydrogens (tertiary/aromatic N) is 3. The predicted molar refractivity (Wildman–Crippen MR) is 72.9 cm³/mol. The van der Waals surface area contributed by atoms with Crippen LogP contribution in [0.15, 0.2) is 0 Å². The van der Waals surface area contributed by atoms with Gasteiger partial charge in [-0.05, 0) is 31.5 Å². The molecular formula is C11H16N4S2. The lowest BCUT2D eigenvalue weighted by Gasteiger charge is -1.98. The van der Waals surface area contributed by atoms with Crippen LogP contribution in [0.4, 0.5) is 0 Å². The van der Waals surface area contributed by atoms with Gasteiger partial charge in [-0.25, -0.2) is 4.98 Å². The van der Waals surface area contributed by atoms with E-state index in [2.05, 4.69) is 29.0 Å². The average molecular weight is 268 g/mol. The molecule has 0 aliphatic rings. The molecule has 1 N–H and O–H groups in total. The summed E-state index contributed by atoms with van der Waals surface area (Å²) in [6, 6.07) is 0. The summed E-state index contributed by atoms with van der Waals surface area (Å²) in [5.74, 6) is 0.895. The van der Waals surface area contributed by atoms with Gasteiger partial charge in [-0.15, -0.1) is 11.3 Å². The second kappa shape index (κ2) is 5.10. The highest BCUT2D eigenvalue weighted by molar-refractivity contribution is 7.71. The summed E-state index contributed by atoms with van der Waals surface area (Å²) in [5, 5.41) is 8.29. The summed E-state index contributed by atoms with van der Waals surface area (Å²) in [5.41, 5.74) is 1.12. The number of thiazole rings is 1. The van der Waals surface area contributed by atoms with Crippen molar-refractivity contribution in [3.05, 3.63) is 15.5 Å². The molecule has 0 aliphatic heterocycles. The third-order valence-electron chi connectivity index (χ3n) is 2.62. The Morgan fingerprint density at radius 3 is 2.71 bits per heavy atom. The zero-order chi connectivity index (χ0) is 12.4. The van der Waals surface area contributed by atoms with Crippen LogP contribution < -0.4 is 0 Å². The van der Waals surface area contributed by atoms with Gasteiger partial charge in [0.25, 0.3) is 0 Å². The molecule has 0 aromatic carbocycles. The van der Waals surface area contributed by atoms with Gasteiger partial charge in [0.15, 0.2) is 10.6 Å². The molecule has 0 unspecified atom stereocenters. The maximum atomic E-state index is 5.14. The third kappa shape index (κ3) is 2.32. The van der Waals surface area contributed by atoms with E-state index in [-0.39, 0.29) is 0 Å². The van der Waals surface area contributed by atoms with Crippen molar-refractivity contribution in [2.45, 2.75) is 33.1 Å². The van der Waals surface area contributed by atoms with E-state index in [0.29, 0.717) is 4.77 Å². The van der Waals surface area contributed by atoms with Crippen molar-refractivity contribution in [2.75, 3.05) is 0 Å². The Morgan fingerprint density at radius 1 is 1.41 bits per heavy atom. The van der Waals surface area contributed by atoms with Crippen molar-refractivity contribution in [3.63, 3.8) is 0 Å². The van der Waals surface area contributed by atoms with Crippen LogP contribution in [0.3, 0.4) is 0 Å². The summed E-state index contributed by atoms with van der Waals surface area (Å²) < 4.78 is 2.55. The Bertz CT molecular complexity index is 564. The molecule has 6 heteroatoms. The largest absolute Gasteiger partial charge is 0.303 e. The van der Waals surface area contributed by atoms with E-state index in [1.807, 2.05) is 11.6 Å². The molecule has 0 spiro atoms. The van der Waals surface area contributed by atoms with Crippen molar-refractivity contribution >= 4 is 23.6 Å². The zero-order valence-electron chi connectivity index (χ0n) is 10.3. The first-order chi connectivity index (χ1) is 8.17. The number of aromatic nitrogens is 4. The Labute approximate surface area is 110 Å². The fraction of sp³-hybridized carbons (Fsp3) is 0.545. The van der Waals surface area contributed by atoms with Crippen molar-refractivity contribution in [1.29, 1.82) is 0 Å². The monoisotopic (exact) mass is 268 g/mol. The first-order valence-electron chi connectivity index (χ1n) is 5.77. The Hall–Kier alpha value is -1.01. The van der Waals surface area contributed by atoms with Gasteiger partial charge in [0.2, 0.25) is 0 Å². The van der Waals surface area contributed by atoms with Gasteiger partial charge in [0, 0.05) is 7.05 Å². The number of hydrogen-bond acceptors (Lipinski definition) is 4. The molecule has 2 aromatic heterocycles. The number of rotatable bonds is 4. The molecule has 0 radical (unpaired) electrons. The molecule has 2 aromatic rings. The number of aromatic amines is 1. The molecule has 0 bridgehead atoms. The van der Waals surface area contributed by atoms with Crippen LogP contribution >= 0.6 is 23.6 Å². The van der Waals surface area contributed by atoms with Crippen molar-refractivity contribution in [3.8, 4) is 10.7 Å². The van der Waals surface area contributed by atoms with E-state index in [4.69, 9.17) is 12.2 Å². The van der Waals surface area contributed by atoms with Crippen LogP contribution in [-0.2, 0) is 19.9 Å². The summed E-state index contributed by atoms with van der Waals surface area (Å²) in [4.78, 5) is 5.81. The lowest BCUT2D eigenvalue weighted by molar-refractivity contribution is 0.887. The van der Waals surface area contributed by atoms with Gasteiger partial charge in [-0.3, -0.25) is 5.10 Å². The molecule has 2 rings (SSSR count). The average Bonchev–Trinajstić information content (AvgIpc) is 2.85. The van der Waals surface area contributed by atoms with E-state index in [1.165, 1.54) is 5.01 Å². The third-order valence-corrected chi connectivity index (χ3v) is 4.14. The van der Waals surface area contributed by atoms with Gasteiger partial charge >= 0.3 is 0 Å². The van der Waals surface area contributed by atoms with E-state index in [9.17, 15) is 0 Å². The zero-order valence-corrected chi connectivity index (χ0v) is 11.9. The van der Waals surface area contributed by atoms with Gasteiger partial charge in [-0.2, -0.15) is 5.10 Å². The van der Waals surface area contributed by atoms with Crippen LogP contribution in [0, 0.1) is 4.77 Å². The molecule has 0 saturated heterocycles. The predicted octanol–water partition coefficient (Wildman–Crippen LogP) is 3.12. The van der Waals surface area contributed by atoms with Crippen LogP contribution in [0.5, 0.6) is 0 Å². The minimum atomic E-state index is 0.646. The van der Waals surface area contributed by atoms with E-state index < -0.39 is 0 Å². The van der Waals surface area contributed by atoms with Crippen LogP contribution in [-0.4, -0.2) is 19.7 Å². The topological polar surface area (TPSA) is 46.5 Å². The van der Waals surface area contributed by atoms with Crippen LogP contribution in [0.25, 0.3) is 10.7 Å². The second-order valence-corrected chi connectivity index (χ2v) is 5.37. The Morgan fingerprint density at radius 2 is 2.18 bits per heavy atom. The molecule has 0 aliphatic carbocycles. The van der Waals surface area contributed by atoms with Crippen LogP contribution in [0.1, 0.15) is 31.0 Å². The van der Waals surface area contributed by atoms with Crippen molar-refractivity contribution < 1.29 is 0 Å². The lowest BCUT2D eigenvalue weighted by Crippen LogP contribution is -1.93. The SMILES string of the molecule is CCCc1nc(CC)c(-c2n[nH]c(=S)n2C)s1. The number of aryl methyl sites for hydroxylation is 2. The highest BCUT2D eigenvalue weighted by Crippen LogP contribution is 2.29. The molecule has 2 heterocycles. The Kier molecular flexibility index (Phi) is 3.73. The van der Waals surface area contributed by atoms with Gasteiger partial charge in [-0.1, -0.05) is 13.8 Å². The molecule has 0 saturated carbocycles. The quantitative estimate of drug-likeness (QED) is 0.867. The van der Waals surface area contributed by atoms with Gasteiger partial charge in [0.1, 0.15) is 0 Å². The molecule has 0 amide bonds. The van der Waals surface area contributed by atoms with E-state index in [1.54, 1.807) is 11.3 Å². The first-order valence-corrected chi connectivity index (χ1v) is 7.00. The number of H-pyrrole nitrogens is 1. The summed E-state index contributed by atoms with van der Waals surface area (Å²) in [6.45, 7) is 4.29.